The monoisotopic (exact) mass is 714 g/mol. The van der Waals surface area contributed by atoms with Gasteiger partial charge in [-0.2, -0.15) is 0 Å². The van der Waals surface area contributed by atoms with E-state index < -0.39 is 0 Å². The summed E-state index contributed by atoms with van der Waals surface area (Å²) < 4.78 is 0. The molecule has 0 aliphatic heterocycles. The zero-order chi connectivity index (χ0) is 37.8. The Morgan fingerprint density at radius 2 is 0.589 bits per heavy atom. The highest BCUT2D eigenvalue weighted by atomic mass is 14.1. The van der Waals surface area contributed by atoms with Gasteiger partial charge in [0.05, 0.1) is 0 Å². The van der Waals surface area contributed by atoms with Crippen LogP contribution in [-0.4, -0.2) is 0 Å². The predicted octanol–water partition coefficient (Wildman–Crippen LogP) is 14.9. The second-order valence-electron chi connectivity index (χ2n) is 13.8. The summed E-state index contributed by atoms with van der Waals surface area (Å²) in [5.74, 6) is 0. The molecule has 266 valence electrons. The van der Waals surface area contributed by atoms with Gasteiger partial charge in [-0.25, -0.2) is 0 Å². The highest BCUT2D eigenvalue weighted by molar-refractivity contribution is 5.93. The Kier molecular flexibility index (Phi) is 11.3. The van der Waals surface area contributed by atoms with Crippen molar-refractivity contribution < 1.29 is 0 Å². The molecule has 0 atom stereocenters. The third-order valence-electron chi connectivity index (χ3n) is 9.94. The van der Waals surface area contributed by atoms with E-state index in [1.54, 1.807) is 0 Å². The fourth-order valence-electron chi connectivity index (χ4n) is 6.93. The van der Waals surface area contributed by atoms with Gasteiger partial charge in [0.15, 0.2) is 0 Å². The normalized spacial score (nSPS) is 11.1. The van der Waals surface area contributed by atoms with Crippen molar-refractivity contribution >= 4 is 47.6 Å². The predicted molar refractivity (Wildman–Crippen MR) is 242 cm³/mol. The van der Waals surface area contributed by atoms with Crippen molar-refractivity contribution in [2.24, 2.45) is 0 Å². The zero-order valence-electron chi connectivity index (χ0n) is 31.2. The lowest BCUT2D eigenvalue weighted by atomic mass is 9.95. The van der Waals surface area contributed by atoms with Crippen molar-refractivity contribution in [1.82, 2.24) is 0 Å². The van der Waals surface area contributed by atoms with E-state index in [2.05, 4.69) is 255 Å². The lowest BCUT2D eigenvalue weighted by molar-refractivity contribution is 1.55. The van der Waals surface area contributed by atoms with Gasteiger partial charge in [0.2, 0.25) is 0 Å². The van der Waals surface area contributed by atoms with Crippen LogP contribution in [0.5, 0.6) is 0 Å². The molecule has 56 heavy (non-hydrogen) atoms. The average Bonchev–Trinajstić information content (AvgIpc) is 3.28. The topological polar surface area (TPSA) is 0 Å². The maximum atomic E-state index is 2.29. The molecule has 0 radical (unpaired) electrons. The van der Waals surface area contributed by atoms with Gasteiger partial charge < -0.3 is 0 Å². The molecule has 0 fully saturated rings. The second-order valence-corrected chi connectivity index (χ2v) is 13.8. The van der Waals surface area contributed by atoms with Gasteiger partial charge in [-0.15, -0.1) is 0 Å². The first kappa shape index (κ1) is 35.7. The highest BCUT2D eigenvalue weighted by Gasteiger charge is 2.07. The van der Waals surface area contributed by atoms with Gasteiger partial charge in [-0.05, 0) is 96.1 Å². The van der Waals surface area contributed by atoms with E-state index in [1.165, 1.54) is 50.1 Å². The lowest BCUT2D eigenvalue weighted by Crippen LogP contribution is -1.88. The molecule has 0 heterocycles. The van der Waals surface area contributed by atoms with E-state index in [9.17, 15) is 0 Å². The molecule has 0 aliphatic rings. The first-order valence-corrected chi connectivity index (χ1v) is 19.2. The molecule has 0 N–H and O–H groups in total. The van der Waals surface area contributed by atoms with E-state index in [0.29, 0.717) is 0 Å². The van der Waals surface area contributed by atoms with Crippen LogP contribution in [0.1, 0.15) is 55.6 Å². The molecule has 0 saturated carbocycles. The van der Waals surface area contributed by atoms with Crippen LogP contribution in [0.4, 0.5) is 0 Å². The molecule has 0 heteroatoms. The molecule has 0 bridgehead atoms. The SMILES string of the molecule is C(=Cc1ccc(-c2ccccc2)cc1C=Cc1ccc(C=C(c2ccccc2)c2ccccc2)cc1)c1ccc(C=C(c2ccccc2)c2ccccc2)cc1. The molecule has 8 aromatic rings. The molecular weight excluding hydrogens is 673 g/mol. The fraction of sp³-hybridized carbons (Fsp3) is 0. The van der Waals surface area contributed by atoms with Crippen LogP contribution in [0.3, 0.4) is 0 Å². The number of hydrogen-bond acceptors (Lipinski definition) is 0. The van der Waals surface area contributed by atoms with Crippen LogP contribution in [0.15, 0.2) is 218 Å². The van der Waals surface area contributed by atoms with Crippen molar-refractivity contribution in [2.75, 3.05) is 0 Å². The van der Waals surface area contributed by atoms with E-state index in [-0.39, 0.29) is 0 Å². The number of rotatable bonds is 11. The lowest BCUT2D eigenvalue weighted by Gasteiger charge is -2.09. The summed E-state index contributed by atoms with van der Waals surface area (Å²) >= 11 is 0. The van der Waals surface area contributed by atoms with Gasteiger partial charge in [0.25, 0.3) is 0 Å². The summed E-state index contributed by atoms with van der Waals surface area (Å²) in [5.41, 5.74) is 16.6. The average molecular weight is 715 g/mol. The fourth-order valence-corrected chi connectivity index (χ4v) is 6.93. The minimum atomic E-state index is 1.15. The highest BCUT2D eigenvalue weighted by Crippen LogP contribution is 2.29. The molecule has 0 unspecified atom stereocenters. The van der Waals surface area contributed by atoms with Crippen molar-refractivity contribution in [3.8, 4) is 11.1 Å². The van der Waals surface area contributed by atoms with Crippen molar-refractivity contribution in [1.29, 1.82) is 0 Å². The second kappa shape index (κ2) is 17.7. The van der Waals surface area contributed by atoms with E-state index in [0.717, 1.165) is 27.8 Å². The van der Waals surface area contributed by atoms with Crippen LogP contribution in [-0.2, 0) is 0 Å². The summed E-state index contributed by atoms with van der Waals surface area (Å²) in [6.07, 6.45) is 13.4. The minimum absolute atomic E-state index is 1.15. The molecule has 8 aromatic carbocycles. The Bertz CT molecular complexity index is 2510. The zero-order valence-corrected chi connectivity index (χ0v) is 31.2. The van der Waals surface area contributed by atoms with Gasteiger partial charge in [-0.1, -0.05) is 237 Å². The largest absolute Gasteiger partial charge is 0.0622 e. The Morgan fingerprint density at radius 3 is 0.982 bits per heavy atom. The van der Waals surface area contributed by atoms with Crippen molar-refractivity contribution in [3.63, 3.8) is 0 Å². The van der Waals surface area contributed by atoms with Crippen LogP contribution >= 0.6 is 0 Å². The minimum Gasteiger partial charge on any atom is -0.0622 e. The third-order valence-corrected chi connectivity index (χ3v) is 9.94. The van der Waals surface area contributed by atoms with Gasteiger partial charge in [-0.3, -0.25) is 0 Å². The van der Waals surface area contributed by atoms with Crippen molar-refractivity contribution in [3.05, 3.63) is 274 Å². The van der Waals surface area contributed by atoms with Crippen LogP contribution in [0, 0.1) is 0 Å². The van der Waals surface area contributed by atoms with Gasteiger partial charge in [0.1, 0.15) is 0 Å². The van der Waals surface area contributed by atoms with E-state index >= 15 is 0 Å². The number of benzene rings is 8. The van der Waals surface area contributed by atoms with Crippen LogP contribution in [0.2, 0.25) is 0 Å². The van der Waals surface area contributed by atoms with Gasteiger partial charge >= 0.3 is 0 Å². The van der Waals surface area contributed by atoms with Crippen LogP contribution < -0.4 is 0 Å². The van der Waals surface area contributed by atoms with Crippen molar-refractivity contribution in [2.45, 2.75) is 0 Å². The summed E-state index contributed by atoms with van der Waals surface area (Å²) in [7, 11) is 0. The molecule has 0 nitrogen and oxygen atoms in total. The summed E-state index contributed by atoms with van der Waals surface area (Å²) in [6, 6.07) is 77.3. The molecule has 8 rings (SSSR count). The molecule has 0 amide bonds. The third kappa shape index (κ3) is 9.08. The molecule has 0 saturated heterocycles. The Labute approximate surface area is 331 Å². The van der Waals surface area contributed by atoms with E-state index in [4.69, 9.17) is 0 Å². The Hall–Kier alpha value is -7.28. The molecular formula is C56H42. The first-order valence-electron chi connectivity index (χ1n) is 19.2. The Balaban J connectivity index is 1.06. The summed E-state index contributed by atoms with van der Waals surface area (Å²) in [6.45, 7) is 0. The molecule has 0 spiro atoms. The molecule has 0 aromatic heterocycles. The summed E-state index contributed by atoms with van der Waals surface area (Å²) in [5, 5.41) is 0. The van der Waals surface area contributed by atoms with Gasteiger partial charge in [0, 0.05) is 0 Å². The molecule has 0 aliphatic carbocycles. The number of hydrogen-bond donors (Lipinski definition) is 0. The summed E-state index contributed by atoms with van der Waals surface area (Å²) in [4.78, 5) is 0. The quantitative estimate of drug-likeness (QED) is 0.117. The standard InChI is InChI=1S/C56H42/c1-6-16-47(17-7-1)54-39-38-48(36-34-43-26-30-45(31-27-43)40-55(49-18-8-2-9-19-49)50-20-10-3-11-21-50)53(42-54)37-35-44-28-32-46(33-29-44)41-56(51-22-12-4-13-23-51)52-24-14-5-15-25-52/h1-42H. The smallest absolute Gasteiger partial charge is 0.0105 e. The first-order chi connectivity index (χ1) is 27.7. The maximum absolute atomic E-state index is 2.29. The Morgan fingerprint density at radius 1 is 0.250 bits per heavy atom. The van der Waals surface area contributed by atoms with Crippen LogP contribution in [0.25, 0.3) is 58.7 Å². The maximum Gasteiger partial charge on any atom is -0.0105 e. The van der Waals surface area contributed by atoms with E-state index in [1.807, 2.05) is 0 Å².